The number of nitrogen functional groups attached to an aromatic ring is 1. The topological polar surface area (TPSA) is 115 Å². The summed E-state index contributed by atoms with van der Waals surface area (Å²) in [5.41, 5.74) is 6.15. The lowest BCUT2D eigenvalue weighted by Gasteiger charge is -2.15. The highest BCUT2D eigenvalue weighted by molar-refractivity contribution is 6.02. The van der Waals surface area contributed by atoms with Gasteiger partial charge in [0, 0.05) is 10.9 Å². The average molecular weight is 374 g/mol. The van der Waals surface area contributed by atoms with E-state index in [1.165, 1.54) is 0 Å². The molecule has 0 bridgehead atoms. The van der Waals surface area contributed by atoms with Crippen LogP contribution in [-0.4, -0.2) is 44.4 Å². The van der Waals surface area contributed by atoms with E-state index in [9.17, 15) is 13.2 Å². The summed E-state index contributed by atoms with van der Waals surface area (Å²) in [5.74, 6) is -1.05. The predicted molar refractivity (Wildman–Crippen MR) is 88.3 cm³/mol. The molecule has 0 saturated heterocycles. The number of carboxylic acid groups (broad SMARTS) is 1. The molecule has 4 N–H and O–H groups in total. The second kappa shape index (κ2) is 8.28. The van der Waals surface area contributed by atoms with Crippen molar-refractivity contribution in [2.24, 2.45) is 5.73 Å². The Kier molecular flexibility index (Phi) is 6.64. The first-order valence-corrected chi connectivity index (χ1v) is 6.94. The molecule has 0 aromatic heterocycles. The molecule has 0 spiro atoms. The highest BCUT2D eigenvalue weighted by atomic mass is 19.4. The summed E-state index contributed by atoms with van der Waals surface area (Å²) in [5, 5.41) is 16.4. The van der Waals surface area contributed by atoms with Gasteiger partial charge in [-0.15, -0.1) is 0 Å². The maximum Gasteiger partial charge on any atom is 0.490 e. The van der Waals surface area contributed by atoms with Crippen LogP contribution in [-0.2, 0) is 4.79 Å². The second-order valence-corrected chi connectivity index (χ2v) is 4.80. The molecule has 10 heteroatoms. The van der Waals surface area contributed by atoms with Crippen LogP contribution in [0.1, 0.15) is 5.56 Å². The van der Waals surface area contributed by atoms with E-state index in [1.807, 2.05) is 12.1 Å². The van der Waals surface area contributed by atoms with Gasteiger partial charge in [0.2, 0.25) is 5.75 Å². The Morgan fingerprint density at radius 2 is 1.62 bits per heavy atom. The molecule has 2 aromatic rings. The van der Waals surface area contributed by atoms with Crippen molar-refractivity contribution in [3.8, 4) is 17.2 Å². The van der Waals surface area contributed by atoms with Gasteiger partial charge in [0.05, 0.1) is 21.3 Å². The fraction of sp³-hybridized carbons (Fsp3) is 0.250. The summed E-state index contributed by atoms with van der Waals surface area (Å²) < 4.78 is 47.8. The molecule has 142 valence electrons. The fourth-order valence-electron chi connectivity index (χ4n) is 2.03. The third-order valence-corrected chi connectivity index (χ3v) is 3.20. The van der Waals surface area contributed by atoms with Gasteiger partial charge in [-0.05, 0) is 17.5 Å². The molecule has 0 aliphatic rings. The van der Waals surface area contributed by atoms with Gasteiger partial charge in [0.1, 0.15) is 5.84 Å². The lowest BCUT2D eigenvalue weighted by molar-refractivity contribution is -0.192. The van der Waals surface area contributed by atoms with Crippen LogP contribution in [0, 0.1) is 5.41 Å². The molecule has 0 amide bonds. The number of nitrogens with one attached hydrogen (secondary N) is 1. The Morgan fingerprint density at radius 1 is 1.08 bits per heavy atom. The second-order valence-electron chi connectivity index (χ2n) is 4.80. The number of alkyl halides is 3. The molecule has 0 radical (unpaired) electrons. The van der Waals surface area contributed by atoms with E-state index in [1.54, 1.807) is 33.5 Å². The van der Waals surface area contributed by atoms with Gasteiger partial charge in [-0.3, -0.25) is 5.41 Å². The summed E-state index contributed by atoms with van der Waals surface area (Å²) in [6.07, 6.45) is -5.08. The molecule has 0 unspecified atom stereocenters. The zero-order valence-corrected chi connectivity index (χ0v) is 14.1. The van der Waals surface area contributed by atoms with E-state index in [0.717, 1.165) is 10.8 Å². The minimum Gasteiger partial charge on any atom is -0.493 e. The number of benzene rings is 2. The SMILES string of the molecule is COc1cc2ccc(C(=N)N)cc2c(OC)c1OC.O=C(O)C(F)(F)F. The van der Waals surface area contributed by atoms with Gasteiger partial charge in [-0.25, -0.2) is 4.79 Å². The summed E-state index contributed by atoms with van der Waals surface area (Å²) >= 11 is 0. The Labute approximate surface area is 146 Å². The zero-order valence-electron chi connectivity index (χ0n) is 14.1. The van der Waals surface area contributed by atoms with Crippen molar-refractivity contribution in [1.82, 2.24) is 0 Å². The van der Waals surface area contributed by atoms with Crippen LogP contribution >= 0.6 is 0 Å². The quantitative estimate of drug-likeness (QED) is 0.560. The number of amidine groups is 1. The molecule has 0 fully saturated rings. The third kappa shape index (κ3) is 4.68. The Bertz CT molecular complexity index is 822. The predicted octanol–water partition coefficient (Wildman–Crippen LogP) is 2.78. The number of halogens is 3. The summed E-state index contributed by atoms with van der Waals surface area (Å²) in [6, 6.07) is 7.33. The number of rotatable bonds is 4. The number of nitrogens with two attached hydrogens (primary N) is 1. The van der Waals surface area contributed by atoms with E-state index in [4.69, 9.17) is 35.3 Å². The Morgan fingerprint density at radius 3 is 2.00 bits per heavy atom. The molecule has 0 aliphatic heterocycles. The van der Waals surface area contributed by atoms with Gasteiger partial charge in [-0.1, -0.05) is 12.1 Å². The molecule has 2 rings (SSSR count). The maximum atomic E-state index is 10.6. The lowest BCUT2D eigenvalue weighted by atomic mass is 10.0. The monoisotopic (exact) mass is 374 g/mol. The van der Waals surface area contributed by atoms with Crippen molar-refractivity contribution in [1.29, 1.82) is 5.41 Å². The molecule has 7 nitrogen and oxygen atoms in total. The number of carboxylic acids is 1. The minimum absolute atomic E-state index is 0.0127. The van der Waals surface area contributed by atoms with E-state index in [2.05, 4.69) is 0 Å². The van der Waals surface area contributed by atoms with Crippen molar-refractivity contribution in [2.45, 2.75) is 6.18 Å². The minimum atomic E-state index is -5.08. The highest BCUT2D eigenvalue weighted by Crippen LogP contribution is 2.43. The van der Waals surface area contributed by atoms with Crippen molar-refractivity contribution in [3.05, 3.63) is 29.8 Å². The molecular formula is C16H17F3N2O5. The van der Waals surface area contributed by atoms with Gasteiger partial charge in [-0.2, -0.15) is 13.2 Å². The molecule has 2 aromatic carbocycles. The number of hydrogen-bond donors (Lipinski definition) is 3. The maximum absolute atomic E-state index is 10.6. The van der Waals surface area contributed by atoms with Crippen LogP contribution < -0.4 is 19.9 Å². The average Bonchev–Trinajstić information content (AvgIpc) is 2.58. The van der Waals surface area contributed by atoms with Gasteiger partial charge >= 0.3 is 12.1 Å². The van der Waals surface area contributed by atoms with Crippen LogP contribution in [0.2, 0.25) is 0 Å². The smallest absolute Gasteiger partial charge is 0.490 e. The molecule has 0 aliphatic carbocycles. The first-order chi connectivity index (χ1) is 12.1. The number of fused-ring (bicyclic) bond motifs is 1. The van der Waals surface area contributed by atoms with Crippen molar-refractivity contribution < 1.29 is 37.3 Å². The molecular weight excluding hydrogens is 357 g/mol. The number of ether oxygens (including phenoxy) is 3. The number of aliphatic carboxylic acids is 1. The van der Waals surface area contributed by atoms with Gasteiger partial charge in [0.15, 0.2) is 11.5 Å². The summed E-state index contributed by atoms with van der Waals surface area (Å²) in [4.78, 5) is 8.90. The highest BCUT2D eigenvalue weighted by Gasteiger charge is 2.38. The first-order valence-electron chi connectivity index (χ1n) is 6.94. The van der Waals surface area contributed by atoms with Crippen LogP contribution in [0.3, 0.4) is 0 Å². The van der Waals surface area contributed by atoms with Crippen molar-refractivity contribution >= 4 is 22.6 Å². The largest absolute Gasteiger partial charge is 0.493 e. The normalized spacial score (nSPS) is 10.5. The third-order valence-electron chi connectivity index (χ3n) is 3.20. The van der Waals surface area contributed by atoms with Crippen molar-refractivity contribution in [3.63, 3.8) is 0 Å². The van der Waals surface area contributed by atoms with E-state index >= 15 is 0 Å². The molecule has 0 atom stereocenters. The van der Waals surface area contributed by atoms with Crippen LogP contribution in [0.15, 0.2) is 24.3 Å². The fourth-order valence-corrected chi connectivity index (χ4v) is 2.03. The summed E-state index contributed by atoms with van der Waals surface area (Å²) in [6.45, 7) is 0. The summed E-state index contributed by atoms with van der Waals surface area (Å²) in [7, 11) is 4.70. The Hall–Kier alpha value is -3.17. The molecule has 26 heavy (non-hydrogen) atoms. The molecule has 0 heterocycles. The lowest BCUT2D eigenvalue weighted by Crippen LogP contribution is -2.21. The Balaban J connectivity index is 0.000000412. The molecule has 0 saturated carbocycles. The number of carbonyl (C=O) groups is 1. The van der Waals surface area contributed by atoms with Crippen LogP contribution in [0.4, 0.5) is 13.2 Å². The number of hydrogen-bond acceptors (Lipinski definition) is 5. The zero-order chi connectivity index (χ0) is 20.1. The van der Waals surface area contributed by atoms with E-state index in [-0.39, 0.29) is 5.84 Å². The van der Waals surface area contributed by atoms with Gasteiger partial charge < -0.3 is 25.1 Å². The van der Waals surface area contributed by atoms with E-state index < -0.39 is 12.1 Å². The number of methoxy groups -OCH3 is 3. The van der Waals surface area contributed by atoms with Crippen LogP contribution in [0.25, 0.3) is 10.8 Å². The standard InChI is InChI=1S/C14H16N2O3.C2HF3O2/c1-17-11-7-8-4-5-9(14(15)16)6-10(8)12(18-2)13(11)19-3;3-2(4,5)1(6)7/h4-7H,1-3H3,(H3,15,16);(H,6,7). The van der Waals surface area contributed by atoms with Gasteiger partial charge in [0.25, 0.3) is 0 Å². The van der Waals surface area contributed by atoms with E-state index in [0.29, 0.717) is 22.8 Å². The van der Waals surface area contributed by atoms with Crippen molar-refractivity contribution in [2.75, 3.05) is 21.3 Å². The first kappa shape index (κ1) is 20.9. The van der Waals surface area contributed by atoms with Crippen LogP contribution in [0.5, 0.6) is 17.2 Å².